The summed E-state index contributed by atoms with van der Waals surface area (Å²) in [6, 6.07) is 52.1. The molecule has 7 aromatic rings. The molecule has 63 heavy (non-hydrogen) atoms. The fourth-order valence-electron chi connectivity index (χ4n) is 7.75. The number of ether oxygens (including phenoxy) is 3. The normalized spacial score (nSPS) is 17.7. The van der Waals surface area contributed by atoms with Crippen LogP contribution in [0.15, 0.2) is 173 Å². The maximum absolute atomic E-state index is 13.1. The predicted molar refractivity (Wildman–Crippen MR) is 244 cm³/mol. The third kappa shape index (κ3) is 10.6. The van der Waals surface area contributed by atoms with Gasteiger partial charge in [0, 0.05) is 41.3 Å². The van der Waals surface area contributed by atoms with Crippen molar-refractivity contribution in [1.29, 1.82) is 0 Å². The van der Waals surface area contributed by atoms with Crippen molar-refractivity contribution in [2.75, 3.05) is 12.9 Å². The van der Waals surface area contributed by atoms with E-state index < -0.39 is 24.3 Å². The number of aliphatic hydroxyl groups excluding tert-OH is 1. The Bertz CT molecular complexity index is 2510. The van der Waals surface area contributed by atoms with Crippen LogP contribution in [0.5, 0.6) is 0 Å². The van der Waals surface area contributed by atoms with E-state index in [1.54, 1.807) is 0 Å². The van der Waals surface area contributed by atoms with Gasteiger partial charge in [0.05, 0.1) is 25.9 Å². The molecular formula is C52H49N3O7S. The van der Waals surface area contributed by atoms with Gasteiger partial charge in [-0.2, -0.15) is 0 Å². The van der Waals surface area contributed by atoms with Crippen molar-refractivity contribution >= 4 is 23.8 Å². The van der Waals surface area contributed by atoms with Crippen molar-refractivity contribution in [1.82, 2.24) is 15.6 Å². The van der Waals surface area contributed by atoms with Gasteiger partial charge in [-0.25, -0.2) is 14.6 Å². The summed E-state index contributed by atoms with van der Waals surface area (Å²) >= 11 is 1.52. The van der Waals surface area contributed by atoms with Crippen LogP contribution in [0.2, 0.25) is 0 Å². The average molecular weight is 860 g/mol. The van der Waals surface area contributed by atoms with Gasteiger partial charge in [-0.1, -0.05) is 182 Å². The topological polar surface area (TPSA) is 132 Å². The molecule has 1 aromatic heterocycles. The largest absolute Gasteiger partial charge is 0.467 e. The minimum atomic E-state index is -0.841. The zero-order chi connectivity index (χ0) is 43.5. The molecule has 0 aliphatic carbocycles. The van der Waals surface area contributed by atoms with Crippen molar-refractivity contribution in [2.45, 2.75) is 56.3 Å². The molecule has 10 nitrogen and oxygen atoms in total. The van der Waals surface area contributed by atoms with Gasteiger partial charge in [-0.3, -0.25) is 0 Å². The highest BCUT2D eigenvalue weighted by molar-refractivity contribution is 7.99. The van der Waals surface area contributed by atoms with E-state index in [0.717, 1.165) is 61.5 Å². The van der Waals surface area contributed by atoms with Crippen LogP contribution in [-0.4, -0.2) is 47.1 Å². The SMILES string of the molecule is COC(=O)[C@H](Cc1ccccc1)NC(=O)NCc1ccccc1-c1ccc([C@@H]2O[C@H](CSc3nc(-c4ccccc4)c(-c4ccccc4)o3)[C@H](C)[C@H](c3ccc(CO)cc3)O2)cc1. The monoisotopic (exact) mass is 859 g/mol. The van der Waals surface area contributed by atoms with E-state index >= 15 is 0 Å². The molecule has 320 valence electrons. The number of rotatable bonds is 15. The molecule has 1 fully saturated rings. The second kappa shape index (κ2) is 20.6. The second-order valence-electron chi connectivity index (χ2n) is 15.4. The molecule has 3 N–H and O–H groups in total. The Kier molecular flexibility index (Phi) is 14.1. The molecule has 0 bridgehead atoms. The number of urea groups is 1. The lowest BCUT2D eigenvalue weighted by molar-refractivity contribution is -0.268. The first-order chi connectivity index (χ1) is 30.9. The van der Waals surface area contributed by atoms with E-state index in [0.29, 0.717) is 17.4 Å². The number of hydrogen-bond acceptors (Lipinski definition) is 9. The lowest BCUT2D eigenvalue weighted by Crippen LogP contribution is -2.47. The Morgan fingerprint density at radius 3 is 2.05 bits per heavy atom. The Morgan fingerprint density at radius 2 is 1.37 bits per heavy atom. The zero-order valence-corrected chi connectivity index (χ0v) is 35.9. The van der Waals surface area contributed by atoms with Crippen molar-refractivity contribution in [3.63, 3.8) is 0 Å². The van der Waals surface area contributed by atoms with E-state index in [1.807, 2.05) is 164 Å². The average Bonchev–Trinajstić information content (AvgIpc) is 3.78. The summed E-state index contributed by atoms with van der Waals surface area (Å²) in [6.07, 6.45) is -0.907. The summed E-state index contributed by atoms with van der Waals surface area (Å²) in [5.74, 6) is 0.725. The summed E-state index contributed by atoms with van der Waals surface area (Å²) in [7, 11) is 1.31. The summed E-state index contributed by atoms with van der Waals surface area (Å²) in [5.41, 5.74) is 9.11. The summed E-state index contributed by atoms with van der Waals surface area (Å²) in [6.45, 7) is 2.33. The third-order valence-electron chi connectivity index (χ3n) is 11.2. The summed E-state index contributed by atoms with van der Waals surface area (Å²) in [4.78, 5) is 30.6. The molecule has 0 saturated carbocycles. The molecule has 6 aromatic carbocycles. The number of benzene rings is 6. The van der Waals surface area contributed by atoms with E-state index in [4.69, 9.17) is 23.6 Å². The number of thioether (sulfide) groups is 1. The molecule has 1 aliphatic rings. The standard InChI is InChI=1S/C52H49N3O7S/c1-34-45(33-63-52-55-46(38-16-8-4-9-17-38)48(62-52)39-18-10-5-11-19-39)60-50(61-47(34)40-24-22-36(32-56)23-25-40)41-28-26-37(27-29-41)43-21-13-12-20-42(43)31-53-51(58)54-44(49(57)59-2)30-35-14-6-3-7-15-35/h3-29,34,44-45,47,50,56H,30-33H2,1-2H3,(H2,53,54,58)/t34-,44-,45+,47+,50+/m0/s1. The highest BCUT2D eigenvalue weighted by Crippen LogP contribution is 2.44. The Hall–Kier alpha value is -6.50. The first-order valence-electron chi connectivity index (χ1n) is 21.0. The van der Waals surface area contributed by atoms with E-state index in [-0.39, 0.29) is 31.3 Å². The number of hydrogen-bond donors (Lipinski definition) is 3. The van der Waals surface area contributed by atoms with Gasteiger partial charge in [0.2, 0.25) is 0 Å². The molecule has 11 heteroatoms. The van der Waals surface area contributed by atoms with Gasteiger partial charge in [-0.15, -0.1) is 0 Å². The summed E-state index contributed by atoms with van der Waals surface area (Å²) in [5, 5.41) is 16.0. The van der Waals surface area contributed by atoms with Gasteiger partial charge in [-0.05, 0) is 33.4 Å². The highest BCUT2D eigenvalue weighted by atomic mass is 32.2. The van der Waals surface area contributed by atoms with Gasteiger partial charge < -0.3 is 34.4 Å². The van der Waals surface area contributed by atoms with Gasteiger partial charge in [0.15, 0.2) is 12.1 Å². The maximum Gasteiger partial charge on any atom is 0.328 e. The second-order valence-corrected chi connectivity index (χ2v) is 16.4. The number of esters is 1. The van der Waals surface area contributed by atoms with E-state index in [2.05, 4.69) is 17.6 Å². The summed E-state index contributed by atoms with van der Waals surface area (Å²) < 4.78 is 25.0. The maximum atomic E-state index is 13.1. The quantitative estimate of drug-likeness (QED) is 0.0681. The number of nitrogens with one attached hydrogen (secondary N) is 2. The molecule has 0 spiro atoms. The first kappa shape index (κ1) is 43.2. The van der Waals surface area contributed by atoms with Crippen molar-refractivity contribution < 1.29 is 33.3 Å². The Labute approximate surface area is 371 Å². The molecule has 1 aliphatic heterocycles. The number of methoxy groups -OCH3 is 1. The minimum Gasteiger partial charge on any atom is -0.467 e. The number of oxazole rings is 1. The van der Waals surface area contributed by atoms with Crippen LogP contribution in [-0.2, 0) is 38.6 Å². The fraction of sp³-hybridized carbons (Fsp3) is 0.212. The first-order valence-corrected chi connectivity index (χ1v) is 21.9. The van der Waals surface area contributed by atoms with Crippen molar-refractivity contribution in [3.05, 3.63) is 192 Å². The Morgan fingerprint density at radius 1 is 0.730 bits per heavy atom. The van der Waals surface area contributed by atoms with Crippen LogP contribution in [0, 0.1) is 5.92 Å². The van der Waals surface area contributed by atoms with Gasteiger partial charge in [0.1, 0.15) is 11.7 Å². The molecule has 2 heterocycles. The molecule has 0 unspecified atom stereocenters. The lowest BCUT2D eigenvalue weighted by atomic mass is 9.91. The number of carbonyl (C=O) groups excluding carboxylic acids is 2. The van der Waals surface area contributed by atoms with Crippen LogP contribution < -0.4 is 10.6 Å². The van der Waals surface area contributed by atoms with Crippen LogP contribution >= 0.6 is 11.8 Å². The molecule has 1 saturated heterocycles. The van der Waals surface area contributed by atoms with Gasteiger partial charge in [0.25, 0.3) is 5.22 Å². The van der Waals surface area contributed by atoms with Crippen molar-refractivity contribution in [2.24, 2.45) is 5.92 Å². The van der Waals surface area contributed by atoms with Crippen LogP contribution in [0.4, 0.5) is 4.79 Å². The van der Waals surface area contributed by atoms with E-state index in [1.165, 1.54) is 18.9 Å². The Balaban J connectivity index is 0.991. The number of nitrogens with zero attached hydrogens (tertiary/aromatic N) is 1. The molecule has 8 rings (SSSR count). The number of aliphatic hydroxyl groups is 1. The number of carbonyl (C=O) groups is 2. The third-order valence-corrected chi connectivity index (χ3v) is 12.1. The predicted octanol–water partition coefficient (Wildman–Crippen LogP) is 10.3. The molecular weight excluding hydrogens is 811 g/mol. The van der Waals surface area contributed by atoms with E-state index in [9.17, 15) is 14.7 Å². The van der Waals surface area contributed by atoms with Gasteiger partial charge >= 0.3 is 12.0 Å². The van der Waals surface area contributed by atoms with Crippen LogP contribution in [0.1, 0.15) is 47.1 Å². The highest BCUT2D eigenvalue weighted by Gasteiger charge is 2.39. The number of aromatic nitrogens is 1. The molecule has 2 amide bonds. The molecule has 5 atom stereocenters. The fourth-order valence-corrected chi connectivity index (χ4v) is 8.74. The smallest absolute Gasteiger partial charge is 0.328 e. The minimum absolute atomic E-state index is 0.0389. The molecule has 0 radical (unpaired) electrons. The number of amides is 2. The van der Waals surface area contributed by atoms with Crippen molar-refractivity contribution in [3.8, 4) is 33.7 Å². The van der Waals surface area contributed by atoms with Crippen LogP contribution in [0.25, 0.3) is 33.7 Å². The van der Waals surface area contributed by atoms with Crippen LogP contribution in [0.3, 0.4) is 0 Å². The zero-order valence-electron chi connectivity index (χ0n) is 35.1. The lowest BCUT2D eigenvalue weighted by Gasteiger charge is -2.41.